The van der Waals surface area contributed by atoms with E-state index in [4.69, 9.17) is 0 Å². The van der Waals surface area contributed by atoms with Crippen molar-refractivity contribution in [2.24, 2.45) is 0 Å². The molecule has 1 aliphatic rings. The molecule has 3 N–H and O–H groups in total. The topological polar surface area (TPSA) is 98.7 Å². The van der Waals surface area contributed by atoms with Gasteiger partial charge in [-0.1, -0.05) is 51.1 Å². The van der Waals surface area contributed by atoms with E-state index in [1.54, 1.807) is 17.0 Å². The van der Waals surface area contributed by atoms with E-state index in [0.717, 1.165) is 28.6 Å². The van der Waals surface area contributed by atoms with Gasteiger partial charge in [0.2, 0.25) is 22.3 Å². The van der Waals surface area contributed by atoms with Crippen molar-refractivity contribution in [1.82, 2.24) is 5.32 Å². The molecule has 1 atom stereocenters. The van der Waals surface area contributed by atoms with E-state index in [-0.39, 0.29) is 11.3 Å². The van der Waals surface area contributed by atoms with Crippen LogP contribution in [0, 0.1) is 0 Å². The molecular weight excluding hydrogens is 414 g/mol. The van der Waals surface area contributed by atoms with E-state index in [1.165, 1.54) is 0 Å². The van der Waals surface area contributed by atoms with Crippen LogP contribution in [0.1, 0.15) is 43.9 Å². The Morgan fingerprint density at radius 3 is 2.32 bits per heavy atom. The van der Waals surface area contributed by atoms with Crippen molar-refractivity contribution >= 4 is 39.5 Å². The Balaban J connectivity index is 1.89. The highest BCUT2D eigenvalue weighted by Gasteiger charge is 2.25. The van der Waals surface area contributed by atoms with E-state index < -0.39 is 16.4 Å². The molecule has 0 aliphatic carbocycles. The standard InChI is InChI=1S/C23H29N3O4S/c1-23(2,3)18-13-17(14-20(15-18)26-12-11-21(27)24-22(26)28)6-5-16-7-9-19(10-8-16)25-31(4,29)30/h5-10,13-15,22,25,28H,11-12H2,1-4H3,(H,24,27)/b6-5+. The van der Waals surface area contributed by atoms with E-state index in [0.29, 0.717) is 18.7 Å². The van der Waals surface area contributed by atoms with Gasteiger partial charge < -0.3 is 15.3 Å². The molecule has 0 spiro atoms. The maximum absolute atomic E-state index is 11.6. The Morgan fingerprint density at radius 1 is 1.10 bits per heavy atom. The number of hydrogen-bond donors (Lipinski definition) is 3. The van der Waals surface area contributed by atoms with Crippen molar-refractivity contribution in [2.75, 3.05) is 22.4 Å². The lowest BCUT2D eigenvalue weighted by atomic mass is 9.85. The van der Waals surface area contributed by atoms with Crippen molar-refractivity contribution in [3.63, 3.8) is 0 Å². The number of nitrogens with one attached hydrogen (secondary N) is 2. The third kappa shape index (κ3) is 6.32. The molecule has 1 heterocycles. The predicted molar refractivity (Wildman–Crippen MR) is 125 cm³/mol. The average molecular weight is 444 g/mol. The highest BCUT2D eigenvalue weighted by Crippen LogP contribution is 2.30. The first kappa shape index (κ1) is 22.8. The van der Waals surface area contributed by atoms with E-state index in [9.17, 15) is 18.3 Å². The summed E-state index contributed by atoms with van der Waals surface area (Å²) in [6.07, 6.45) is 4.32. The molecule has 3 rings (SSSR count). The molecule has 0 saturated carbocycles. The molecule has 0 radical (unpaired) electrons. The fourth-order valence-corrected chi connectivity index (χ4v) is 3.87. The summed E-state index contributed by atoms with van der Waals surface area (Å²) in [6.45, 7) is 6.82. The fraction of sp³-hybridized carbons (Fsp3) is 0.348. The number of aliphatic hydroxyl groups excluding tert-OH is 1. The molecule has 7 nitrogen and oxygen atoms in total. The number of anilines is 2. The van der Waals surface area contributed by atoms with Crippen molar-refractivity contribution in [1.29, 1.82) is 0 Å². The molecule has 2 aromatic rings. The minimum atomic E-state index is -3.31. The maximum Gasteiger partial charge on any atom is 0.229 e. The number of aliphatic hydroxyl groups is 1. The van der Waals surface area contributed by atoms with Crippen LogP contribution < -0.4 is 14.9 Å². The second-order valence-electron chi connectivity index (χ2n) is 8.78. The van der Waals surface area contributed by atoms with Crippen LogP contribution in [0.4, 0.5) is 11.4 Å². The first-order valence-electron chi connectivity index (χ1n) is 10.1. The minimum absolute atomic E-state index is 0.0957. The van der Waals surface area contributed by atoms with Crippen LogP contribution in [0.25, 0.3) is 12.2 Å². The molecule has 1 unspecified atom stereocenters. The molecule has 0 aromatic heterocycles. The van der Waals surface area contributed by atoms with Gasteiger partial charge in [-0.15, -0.1) is 0 Å². The third-order valence-corrected chi connectivity index (χ3v) is 5.59. The van der Waals surface area contributed by atoms with Crippen LogP contribution in [0.3, 0.4) is 0 Å². The summed E-state index contributed by atoms with van der Waals surface area (Å²) in [4.78, 5) is 13.3. The van der Waals surface area contributed by atoms with Crippen LogP contribution in [-0.2, 0) is 20.2 Å². The van der Waals surface area contributed by atoms with Gasteiger partial charge in [-0.3, -0.25) is 9.52 Å². The van der Waals surface area contributed by atoms with Crippen molar-refractivity contribution < 1.29 is 18.3 Å². The summed E-state index contributed by atoms with van der Waals surface area (Å²) in [5.41, 5.74) is 4.25. The quantitative estimate of drug-likeness (QED) is 0.617. The Bertz CT molecular complexity index is 1090. The van der Waals surface area contributed by atoms with E-state index >= 15 is 0 Å². The highest BCUT2D eigenvalue weighted by atomic mass is 32.2. The third-order valence-electron chi connectivity index (χ3n) is 4.99. The number of carbonyl (C=O) groups is 1. The number of carbonyl (C=O) groups excluding carboxylic acids is 1. The Hall–Kier alpha value is -2.84. The van der Waals surface area contributed by atoms with Gasteiger partial charge in [0.1, 0.15) is 0 Å². The second kappa shape index (κ2) is 8.72. The average Bonchev–Trinajstić information content (AvgIpc) is 2.65. The van der Waals surface area contributed by atoms with Crippen LogP contribution in [-0.4, -0.2) is 38.6 Å². The van der Waals surface area contributed by atoms with Gasteiger partial charge in [-0.05, 0) is 46.4 Å². The first-order chi connectivity index (χ1) is 14.4. The molecule has 1 fully saturated rings. The lowest BCUT2D eigenvalue weighted by Gasteiger charge is -2.35. The number of rotatable bonds is 5. The zero-order chi connectivity index (χ0) is 22.8. The monoisotopic (exact) mass is 443 g/mol. The highest BCUT2D eigenvalue weighted by molar-refractivity contribution is 7.92. The molecule has 0 bridgehead atoms. The minimum Gasteiger partial charge on any atom is -0.356 e. The van der Waals surface area contributed by atoms with Gasteiger partial charge in [-0.25, -0.2) is 8.42 Å². The van der Waals surface area contributed by atoms with Gasteiger partial charge in [0.25, 0.3) is 0 Å². The summed E-state index contributed by atoms with van der Waals surface area (Å²) >= 11 is 0. The largest absolute Gasteiger partial charge is 0.356 e. The lowest BCUT2D eigenvalue weighted by Crippen LogP contribution is -2.54. The van der Waals surface area contributed by atoms with Crippen LogP contribution in [0.2, 0.25) is 0 Å². The van der Waals surface area contributed by atoms with Gasteiger partial charge in [0.15, 0.2) is 0 Å². The number of sulfonamides is 1. The van der Waals surface area contributed by atoms with Gasteiger partial charge >= 0.3 is 0 Å². The first-order valence-corrected chi connectivity index (χ1v) is 12.0. The summed E-state index contributed by atoms with van der Waals surface area (Å²) in [7, 11) is -3.31. The summed E-state index contributed by atoms with van der Waals surface area (Å²) < 4.78 is 25.1. The number of nitrogens with zero attached hydrogens (tertiary/aromatic N) is 1. The molecule has 8 heteroatoms. The van der Waals surface area contributed by atoms with Crippen LogP contribution in [0.5, 0.6) is 0 Å². The van der Waals surface area contributed by atoms with Crippen molar-refractivity contribution in [3.05, 3.63) is 59.2 Å². The summed E-state index contributed by atoms with van der Waals surface area (Å²) in [6, 6.07) is 13.2. The Morgan fingerprint density at radius 2 is 1.74 bits per heavy atom. The van der Waals surface area contributed by atoms with Crippen LogP contribution in [0.15, 0.2) is 42.5 Å². The molecule has 1 saturated heterocycles. The van der Waals surface area contributed by atoms with E-state index in [1.807, 2.05) is 36.4 Å². The molecule has 1 aliphatic heterocycles. The fourth-order valence-electron chi connectivity index (χ4n) is 3.31. The summed E-state index contributed by atoms with van der Waals surface area (Å²) in [5, 5.41) is 12.9. The maximum atomic E-state index is 11.6. The van der Waals surface area contributed by atoms with Gasteiger partial charge in [0, 0.05) is 24.3 Å². The molecule has 1 amide bonds. The number of benzene rings is 2. The Kier molecular flexibility index (Phi) is 6.43. The predicted octanol–water partition coefficient (Wildman–Crippen LogP) is 3.13. The normalized spacial score (nSPS) is 17.6. The molecular formula is C23H29N3O4S. The number of amides is 1. The van der Waals surface area contributed by atoms with Gasteiger partial charge in [-0.2, -0.15) is 0 Å². The zero-order valence-corrected chi connectivity index (χ0v) is 19.0. The second-order valence-corrected chi connectivity index (χ2v) is 10.5. The lowest BCUT2D eigenvalue weighted by molar-refractivity contribution is -0.125. The molecule has 31 heavy (non-hydrogen) atoms. The smallest absolute Gasteiger partial charge is 0.229 e. The summed E-state index contributed by atoms with van der Waals surface area (Å²) in [5.74, 6) is -0.162. The van der Waals surface area contributed by atoms with Crippen molar-refractivity contribution in [3.8, 4) is 0 Å². The van der Waals surface area contributed by atoms with E-state index in [2.05, 4.69) is 36.9 Å². The molecule has 166 valence electrons. The number of hydrogen-bond acceptors (Lipinski definition) is 5. The molecule has 2 aromatic carbocycles. The Labute approximate surface area is 183 Å². The van der Waals surface area contributed by atoms with Gasteiger partial charge in [0.05, 0.1) is 6.26 Å². The van der Waals surface area contributed by atoms with Crippen molar-refractivity contribution in [2.45, 2.75) is 39.0 Å². The zero-order valence-electron chi connectivity index (χ0n) is 18.2. The SMILES string of the molecule is CC(C)(C)c1cc(/C=C/c2ccc(NS(C)(=O)=O)cc2)cc(N2CCC(=O)NC2O)c1. The van der Waals surface area contributed by atoms with Crippen LogP contribution >= 0.6 is 0 Å².